The van der Waals surface area contributed by atoms with Crippen LogP contribution in [0.3, 0.4) is 0 Å². The van der Waals surface area contributed by atoms with E-state index in [4.69, 9.17) is 4.74 Å². The third kappa shape index (κ3) is 3.73. The van der Waals surface area contributed by atoms with Crippen molar-refractivity contribution in [2.75, 3.05) is 33.3 Å². The molecule has 2 heterocycles. The normalized spacial score (nSPS) is 19.3. The first-order valence-corrected chi connectivity index (χ1v) is 9.64. The quantitative estimate of drug-likeness (QED) is 0.879. The van der Waals surface area contributed by atoms with Crippen molar-refractivity contribution in [1.82, 2.24) is 15.1 Å². The third-order valence-corrected chi connectivity index (χ3v) is 5.56. The van der Waals surface area contributed by atoms with Crippen LogP contribution in [0.2, 0.25) is 0 Å². The fourth-order valence-corrected chi connectivity index (χ4v) is 3.99. The summed E-state index contributed by atoms with van der Waals surface area (Å²) in [5.74, 6) is 0.758. The van der Waals surface area contributed by atoms with E-state index in [0.29, 0.717) is 19.6 Å². The summed E-state index contributed by atoms with van der Waals surface area (Å²) in [7, 11) is 1.65. The smallest absolute Gasteiger partial charge is 0.243 e. The van der Waals surface area contributed by atoms with Crippen molar-refractivity contribution in [3.05, 3.63) is 65.2 Å². The maximum atomic E-state index is 13.2. The maximum absolute atomic E-state index is 13.2. The summed E-state index contributed by atoms with van der Waals surface area (Å²) < 4.78 is 5.36. The predicted octanol–water partition coefficient (Wildman–Crippen LogP) is 1.75. The Kier molecular flexibility index (Phi) is 5.30. The van der Waals surface area contributed by atoms with Crippen molar-refractivity contribution in [3.63, 3.8) is 0 Å². The third-order valence-electron chi connectivity index (χ3n) is 5.56. The number of methoxy groups -OCH3 is 1. The summed E-state index contributed by atoms with van der Waals surface area (Å²) in [5, 5.41) is 3.05. The molecule has 0 spiro atoms. The van der Waals surface area contributed by atoms with E-state index in [9.17, 15) is 9.59 Å². The molecule has 1 atom stereocenters. The Bertz CT molecular complexity index is 869. The molecular formula is C22H25N3O3. The molecule has 28 heavy (non-hydrogen) atoms. The molecule has 1 N–H and O–H groups in total. The molecule has 2 aliphatic rings. The molecule has 1 saturated heterocycles. The predicted molar refractivity (Wildman–Crippen MR) is 106 cm³/mol. The average Bonchev–Trinajstić information content (AvgIpc) is 2.74. The number of nitrogens with zero attached hydrogens (tertiary/aromatic N) is 2. The van der Waals surface area contributed by atoms with Crippen LogP contribution >= 0.6 is 0 Å². The van der Waals surface area contributed by atoms with E-state index in [1.54, 1.807) is 12.0 Å². The van der Waals surface area contributed by atoms with Gasteiger partial charge in [0.15, 0.2) is 0 Å². The second kappa shape index (κ2) is 8.02. The highest BCUT2D eigenvalue weighted by atomic mass is 16.5. The standard InChI is InChI=1S/C22H25N3O3/c1-28-19-8-7-17-12-20(16-5-3-2-4-6-16)25(14-18(17)11-19)22(27)15-24-10-9-23-13-21(24)26/h2-8,11,20,23H,9-10,12-15H2,1H3. The van der Waals surface area contributed by atoms with Crippen LogP contribution in [0.5, 0.6) is 5.75 Å². The SMILES string of the molecule is COc1ccc2c(c1)CN(C(=O)CN1CCNCC1=O)C(c1ccccc1)C2. The van der Waals surface area contributed by atoms with Gasteiger partial charge in [0.05, 0.1) is 26.2 Å². The molecule has 0 aliphatic carbocycles. The Morgan fingerprint density at radius 3 is 2.75 bits per heavy atom. The van der Waals surface area contributed by atoms with E-state index in [2.05, 4.69) is 23.5 Å². The number of nitrogens with one attached hydrogen (secondary N) is 1. The van der Waals surface area contributed by atoms with Crippen molar-refractivity contribution in [3.8, 4) is 5.75 Å². The Balaban J connectivity index is 1.62. The van der Waals surface area contributed by atoms with E-state index in [0.717, 1.165) is 29.8 Å². The number of piperazine rings is 1. The number of carbonyl (C=O) groups is 2. The first kappa shape index (κ1) is 18.5. The Hall–Kier alpha value is -2.86. The molecule has 0 bridgehead atoms. The van der Waals surface area contributed by atoms with Gasteiger partial charge in [-0.05, 0) is 35.2 Å². The average molecular weight is 379 g/mol. The lowest BCUT2D eigenvalue weighted by Crippen LogP contribution is -2.52. The number of rotatable bonds is 4. The van der Waals surface area contributed by atoms with Crippen LogP contribution in [-0.4, -0.2) is 54.9 Å². The van der Waals surface area contributed by atoms with Gasteiger partial charge in [-0.15, -0.1) is 0 Å². The van der Waals surface area contributed by atoms with Crippen LogP contribution in [0.15, 0.2) is 48.5 Å². The molecule has 0 saturated carbocycles. The second-order valence-electron chi connectivity index (χ2n) is 7.28. The van der Waals surface area contributed by atoms with Gasteiger partial charge in [0.25, 0.3) is 0 Å². The number of amides is 2. The fourth-order valence-electron chi connectivity index (χ4n) is 3.99. The number of benzene rings is 2. The van der Waals surface area contributed by atoms with Gasteiger partial charge in [-0.2, -0.15) is 0 Å². The monoisotopic (exact) mass is 379 g/mol. The molecule has 6 nitrogen and oxygen atoms in total. The van der Waals surface area contributed by atoms with Crippen molar-refractivity contribution in [2.24, 2.45) is 0 Å². The molecule has 1 unspecified atom stereocenters. The number of carbonyl (C=O) groups excluding carboxylic acids is 2. The molecule has 6 heteroatoms. The van der Waals surface area contributed by atoms with Gasteiger partial charge in [-0.3, -0.25) is 9.59 Å². The highest BCUT2D eigenvalue weighted by Crippen LogP contribution is 2.35. The zero-order valence-electron chi connectivity index (χ0n) is 16.1. The molecule has 1 fully saturated rings. The molecule has 2 aromatic carbocycles. The Labute approximate surface area is 165 Å². The summed E-state index contributed by atoms with van der Waals surface area (Å²) in [4.78, 5) is 28.9. The van der Waals surface area contributed by atoms with Gasteiger partial charge in [0.2, 0.25) is 11.8 Å². The molecule has 2 amide bonds. The highest BCUT2D eigenvalue weighted by Gasteiger charge is 2.32. The van der Waals surface area contributed by atoms with Crippen LogP contribution < -0.4 is 10.1 Å². The van der Waals surface area contributed by atoms with Crippen LogP contribution in [0.4, 0.5) is 0 Å². The number of fused-ring (bicyclic) bond motifs is 1. The number of hydrogen-bond donors (Lipinski definition) is 1. The van der Waals surface area contributed by atoms with E-state index >= 15 is 0 Å². The minimum absolute atomic E-state index is 0.0161. The maximum Gasteiger partial charge on any atom is 0.243 e. The zero-order valence-corrected chi connectivity index (χ0v) is 16.1. The van der Waals surface area contributed by atoms with Gasteiger partial charge in [-0.1, -0.05) is 36.4 Å². The van der Waals surface area contributed by atoms with Crippen LogP contribution in [0, 0.1) is 0 Å². The largest absolute Gasteiger partial charge is 0.497 e. The molecule has 0 aromatic heterocycles. The summed E-state index contributed by atoms with van der Waals surface area (Å²) in [6, 6.07) is 16.1. The van der Waals surface area contributed by atoms with Crippen LogP contribution in [-0.2, 0) is 22.6 Å². The second-order valence-corrected chi connectivity index (χ2v) is 7.28. The summed E-state index contributed by atoms with van der Waals surface area (Å²) in [6.07, 6.45) is 0.755. The molecular weight excluding hydrogens is 354 g/mol. The molecule has 2 aliphatic heterocycles. The summed E-state index contributed by atoms with van der Waals surface area (Å²) in [6.45, 7) is 2.24. The number of ether oxygens (including phenoxy) is 1. The first-order chi connectivity index (χ1) is 13.7. The van der Waals surface area contributed by atoms with Crippen LogP contribution in [0.25, 0.3) is 0 Å². The van der Waals surface area contributed by atoms with Gasteiger partial charge in [0, 0.05) is 19.6 Å². The fraction of sp³-hybridized carbons (Fsp3) is 0.364. The minimum Gasteiger partial charge on any atom is -0.497 e. The highest BCUT2D eigenvalue weighted by molar-refractivity contribution is 5.86. The van der Waals surface area contributed by atoms with Crippen molar-refractivity contribution in [1.29, 1.82) is 0 Å². The van der Waals surface area contributed by atoms with Crippen molar-refractivity contribution < 1.29 is 14.3 Å². The minimum atomic E-state index is -0.0346. The summed E-state index contributed by atoms with van der Waals surface area (Å²) in [5.41, 5.74) is 3.45. The van der Waals surface area contributed by atoms with Crippen molar-refractivity contribution in [2.45, 2.75) is 19.0 Å². The molecule has 2 aromatic rings. The lowest BCUT2D eigenvalue weighted by molar-refractivity contribution is -0.143. The van der Waals surface area contributed by atoms with Gasteiger partial charge in [-0.25, -0.2) is 0 Å². The zero-order chi connectivity index (χ0) is 19.5. The van der Waals surface area contributed by atoms with E-state index in [1.807, 2.05) is 35.2 Å². The van der Waals surface area contributed by atoms with Crippen LogP contribution in [0.1, 0.15) is 22.7 Å². The van der Waals surface area contributed by atoms with Gasteiger partial charge < -0.3 is 19.9 Å². The molecule has 4 rings (SSSR count). The topological polar surface area (TPSA) is 61.9 Å². The number of hydrogen-bond acceptors (Lipinski definition) is 4. The van der Waals surface area contributed by atoms with Gasteiger partial charge in [0.1, 0.15) is 5.75 Å². The first-order valence-electron chi connectivity index (χ1n) is 9.64. The van der Waals surface area contributed by atoms with Crippen molar-refractivity contribution >= 4 is 11.8 Å². The van der Waals surface area contributed by atoms with E-state index < -0.39 is 0 Å². The van der Waals surface area contributed by atoms with E-state index in [1.165, 1.54) is 5.56 Å². The van der Waals surface area contributed by atoms with E-state index in [-0.39, 0.29) is 24.4 Å². The molecule has 0 radical (unpaired) electrons. The Morgan fingerprint density at radius 1 is 1.18 bits per heavy atom. The lowest BCUT2D eigenvalue weighted by Gasteiger charge is -2.39. The van der Waals surface area contributed by atoms with Gasteiger partial charge >= 0.3 is 0 Å². The molecule has 146 valence electrons. The summed E-state index contributed by atoms with van der Waals surface area (Å²) >= 11 is 0. The lowest BCUT2D eigenvalue weighted by atomic mass is 9.89. The Morgan fingerprint density at radius 2 is 2.00 bits per heavy atom.